The second-order valence-corrected chi connectivity index (χ2v) is 6.40. The molecule has 0 spiro atoms. The molecule has 0 radical (unpaired) electrons. The third kappa shape index (κ3) is 4.85. The van der Waals surface area contributed by atoms with E-state index in [1.807, 2.05) is 19.1 Å². The minimum atomic E-state index is -0.595. The summed E-state index contributed by atoms with van der Waals surface area (Å²) in [7, 11) is 0. The van der Waals surface area contributed by atoms with E-state index in [2.05, 4.69) is 11.8 Å². The predicted molar refractivity (Wildman–Crippen MR) is 83.9 cm³/mol. The third-order valence-electron chi connectivity index (χ3n) is 3.99. The van der Waals surface area contributed by atoms with Gasteiger partial charge in [0, 0.05) is 13.1 Å². The first-order valence-electron chi connectivity index (χ1n) is 7.43. The molecule has 0 aliphatic carbocycles. The minimum Gasteiger partial charge on any atom is -0.489 e. The number of nitrogens with zero attached hydrogens (tertiary/aromatic N) is 1. The third-order valence-corrected chi connectivity index (χ3v) is 4.30. The van der Waals surface area contributed by atoms with Gasteiger partial charge in [-0.3, -0.25) is 4.90 Å². The molecule has 5 heteroatoms. The van der Waals surface area contributed by atoms with Crippen molar-refractivity contribution in [3.63, 3.8) is 0 Å². The van der Waals surface area contributed by atoms with E-state index in [0.29, 0.717) is 29.8 Å². The van der Waals surface area contributed by atoms with Gasteiger partial charge in [0.2, 0.25) is 0 Å². The van der Waals surface area contributed by atoms with E-state index in [9.17, 15) is 10.2 Å². The minimum absolute atomic E-state index is 0.200. The Labute approximate surface area is 131 Å². The molecule has 1 saturated heterocycles. The molecule has 0 saturated carbocycles. The van der Waals surface area contributed by atoms with Gasteiger partial charge >= 0.3 is 0 Å². The zero-order chi connectivity index (χ0) is 15.4. The van der Waals surface area contributed by atoms with Crippen LogP contribution in [0.15, 0.2) is 18.2 Å². The summed E-state index contributed by atoms with van der Waals surface area (Å²) < 4.78 is 5.60. The summed E-state index contributed by atoms with van der Waals surface area (Å²) in [5, 5.41) is 20.5. The highest BCUT2D eigenvalue weighted by molar-refractivity contribution is 6.32. The van der Waals surface area contributed by atoms with Crippen molar-refractivity contribution in [1.29, 1.82) is 0 Å². The maximum Gasteiger partial charge on any atom is 0.138 e. The maximum absolute atomic E-state index is 10.1. The van der Waals surface area contributed by atoms with E-state index in [-0.39, 0.29) is 12.7 Å². The molecule has 0 unspecified atom stereocenters. The molecule has 4 nitrogen and oxygen atoms in total. The summed E-state index contributed by atoms with van der Waals surface area (Å²) >= 11 is 6.06. The molecule has 1 fully saturated rings. The summed E-state index contributed by atoms with van der Waals surface area (Å²) in [5.74, 6) is 0.934. The van der Waals surface area contributed by atoms with Crippen molar-refractivity contribution in [3.05, 3.63) is 28.8 Å². The van der Waals surface area contributed by atoms with E-state index in [1.165, 1.54) is 0 Å². The number of aliphatic hydroxyl groups is 2. The van der Waals surface area contributed by atoms with Gasteiger partial charge in [0.1, 0.15) is 18.5 Å². The topological polar surface area (TPSA) is 52.9 Å². The number of halogens is 1. The molecule has 2 rings (SSSR count). The van der Waals surface area contributed by atoms with Crippen molar-refractivity contribution < 1.29 is 14.9 Å². The van der Waals surface area contributed by atoms with Crippen molar-refractivity contribution in [3.8, 4) is 5.75 Å². The Bertz CT molecular complexity index is 469. The lowest BCUT2D eigenvalue weighted by Gasteiger charge is -2.35. The molecular weight excluding hydrogens is 290 g/mol. The summed E-state index contributed by atoms with van der Waals surface area (Å²) in [6.07, 6.45) is 0.0543. The van der Waals surface area contributed by atoms with Gasteiger partial charge in [0.05, 0.1) is 11.1 Å². The Morgan fingerprint density at radius 2 is 2.24 bits per heavy atom. The quantitative estimate of drug-likeness (QED) is 0.874. The lowest BCUT2D eigenvalue weighted by Crippen LogP contribution is -2.46. The van der Waals surface area contributed by atoms with Crippen LogP contribution in [-0.4, -0.2) is 53.6 Å². The zero-order valence-electron chi connectivity index (χ0n) is 12.6. The first-order valence-corrected chi connectivity index (χ1v) is 7.81. The van der Waals surface area contributed by atoms with Crippen molar-refractivity contribution in [2.75, 3.05) is 26.2 Å². The molecule has 2 N–H and O–H groups in total. The van der Waals surface area contributed by atoms with E-state index in [0.717, 1.165) is 18.5 Å². The second kappa shape index (κ2) is 7.45. The number of benzene rings is 1. The summed E-state index contributed by atoms with van der Waals surface area (Å²) in [6.45, 7) is 6.25. The van der Waals surface area contributed by atoms with Crippen molar-refractivity contribution in [1.82, 2.24) is 4.90 Å². The van der Waals surface area contributed by atoms with Crippen LogP contribution in [0.3, 0.4) is 0 Å². The molecule has 1 heterocycles. The number of hydrogen-bond donors (Lipinski definition) is 2. The number of aryl methyl sites for hydroxylation is 1. The summed E-state index contributed by atoms with van der Waals surface area (Å²) in [4.78, 5) is 2.08. The number of rotatable bonds is 5. The van der Waals surface area contributed by atoms with Crippen molar-refractivity contribution in [2.45, 2.75) is 32.5 Å². The van der Waals surface area contributed by atoms with Gasteiger partial charge in [-0.25, -0.2) is 0 Å². The van der Waals surface area contributed by atoms with Crippen LogP contribution in [0.25, 0.3) is 0 Å². The van der Waals surface area contributed by atoms with Crippen LogP contribution < -0.4 is 4.74 Å². The Hall–Kier alpha value is -0.810. The first-order chi connectivity index (χ1) is 9.95. The summed E-state index contributed by atoms with van der Waals surface area (Å²) in [6, 6.07) is 5.57. The van der Waals surface area contributed by atoms with E-state index in [4.69, 9.17) is 16.3 Å². The Morgan fingerprint density at radius 3 is 2.95 bits per heavy atom. The van der Waals surface area contributed by atoms with Crippen LogP contribution in [-0.2, 0) is 0 Å². The number of aliphatic hydroxyl groups excluding tert-OH is 2. The van der Waals surface area contributed by atoms with Gasteiger partial charge in [-0.1, -0.05) is 24.6 Å². The molecule has 1 aromatic rings. The predicted octanol–water partition coefficient (Wildman–Crippen LogP) is 2.09. The zero-order valence-corrected chi connectivity index (χ0v) is 13.4. The van der Waals surface area contributed by atoms with Gasteiger partial charge < -0.3 is 14.9 Å². The van der Waals surface area contributed by atoms with Gasteiger partial charge in [-0.2, -0.15) is 0 Å². The smallest absolute Gasteiger partial charge is 0.138 e. The van der Waals surface area contributed by atoms with Crippen LogP contribution >= 0.6 is 11.6 Å². The number of β-amino-alcohol motifs (C(OH)–C–C–N with tert-alkyl or cyclic N) is 2. The standard InChI is InChI=1S/C16H24ClNO3/c1-11-3-4-14(17)16(7-11)21-10-13(19)8-18-6-5-12(2)15(20)9-18/h3-4,7,12-13,15,19-20H,5-6,8-10H2,1-2H3/t12-,13-,15-/m1/s1. The van der Waals surface area contributed by atoms with Gasteiger partial charge in [0.15, 0.2) is 0 Å². The lowest BCUT2D eigenvalue weighted by atomic mass is 9.96. The number of ether oxygens (including phenoxy) is 1. The largest absolute Gasteiger partial charge is 0.489 e. The van der Waals surface area contributed by atoms with Crippen LogP contribution in [0, 0.1) is 12.8 Å². The van der Waals surface area contributed by atoms with Crippen molar-refractivity contribution >= 4 is 11.6 Å². The van der Waals surface area contributed by atoms with E-state index in [1.54, 1.807) is 6.07 Å². The van der Waals surface area contributed by atoms with Crippen LogP contribution in [0.5, 0.6) is 5.75 Å². The highest BCUT2D eigenvalue weighted by Gasteiger charge is 2.25. The van der Waals surface area contributed by atoms with Gasteiger partial charge in [0.25, 0.3) is 0 Å². The maximum atomic E-state index is 10.1. The second-order valence-electron chi connectivity index (χ2n) is 5.99. The van der Waals surface area contributed by atoms with Crippen LogP contribution in [0.4, 0.5) is 0 Å². The van der Waals surface area contributed by atoms with E-state index < -0.39 is 6.10 Å². The highest BCUT2D eigenvalue weighted by atomic mass is 35.5. The van der Waals surface area contributed by atoms with E-state index >= 15 is 0 Å². The SMILES string of the molecule is Cc1ccc(Cl)c(OC[C@H](O)CN2CC[C@@H](C)[C@H](O)C2)c1. The highest BCUT2D eigenvalue weighted by Crippen LogP contribution is 2.25. The normalized spacial score (nSPS) is 24.8. The first kappa shape index (κ1) is 16.6. The Morgan fingerprint density at radius 1 is 1.48 bits per heavy atom. The number of piperidine rings is 1. The Kier molecular flexibility index (Phi) is 5.88. The van der Waals surface area contributed by atoms with Crippen LogP contribution in [0.1, 0.15) is 18.9 Å². The van der Waals surface area contributed by atoms with Crippen LogP contribution in [0.2, 0.25) is 5.02 Å². The number of likely N-dealkylation sites (tertiary alicyclic amines) is 1. The number of hydrogen-bond acceptors (Lipinski definition) is 4. The average molecular weight is 314 g/mol. The molecular formula is C16H24ClNO3. The fraction of sp³-hybridized carbons (Fsp3) is 0.625. The molecule has 118 valence electrons. The molecule has 0 aromatic heterocycles. The Balaban J connectivity index is 1.79. The molecule has 1 aliphatic rings. The molecule has 21 heavy (non-hydrogen) atoms. The van der Waals surface area contributed by atoms with Crippen molar-refractivity contribution in [2.24, 2.45) is 5.92 Å². The summed E-state index contributed by atoms with van der Waals surface area (Å²) in [5.41, 5.74) is 1.07. The fourth-order valence-corrected chi connectivity index (χ4v) is 2.71. The average Bonchev–Trinajstić information content (AvgIpc) is 2.44. The van der Waals surface area contributed by atoms with Gasteiger partial charge in [-0.15, -0.1) is 0 Å². The fourth-order valence-electron chi connectivity index (χ4n) is 2.54. The van der Waals surface area contributed by atoms with Gasteiger partial charge in [-0.05, 0) is 43.5 Å². The molecule has 1 aliphatic heterocycles. The molecule has 0 bridgehead atoms. The molecule has 1 aromatic carbocycles. The monoisotopic (exact) mass is 313 g/mol. The lowest BCUT2D eigenvalue weighted by molar-refractivity contribution is 0.000147. The molecule has 0 amide bonds. The molecule has 3 atom stereocenters.